The second-order valence-corrected chi connectivity index (χ2v) is 8.81. The standard InChI is InChI=1S/C25H28O2/c1-25-13-12-18-19(9-8-17-14-23(26)24(27-2)15-20(17)18)22(25)11-10-21(25)16-6-4-3-5-7-16/h3-7,10,14-15,18-19,22,26H,8-9,11-13H2,1-2H3/t18-,19+,22-,25+/m0/s1. The van der Waals surface area contributed by atoms with E-state index in [0.29, 0.717) is 17.1 Å². The first-order chi connectivity index (χ1) is 13.1. The molecule has 0 unspecified atom stereocenters. The van der Waals surface area contributed by atoms with E-state index in [-0.39, 0.29) is 5.75 Å². The van der Waals surface area contributed by atoms with Crippen LogP contribution in [0.25, 0.3) is 5.57 Å². The molecule has 1 saturated carbocycles. The molecular formula is C25H28O2. The van der Waals surface area contributed by atoms with Crippen LogP contribution in [0.5, 0.6) is 11.5 Å². The Balaban J connectivity index is 1.50. The number of benzene rings is 2. The van der Waals surface area contributed by atoms with E-state index < -0.39 is 0 Å². The van der Waals surface area contributed by atoms with Crippen molar-refractivity contribution in [2.24, 2.45) is 17.3 Å². The Morgan fingerprint density at radius 2 is 1.93 bits per heavy atom. The van der Waals surface area contributed by atoms with E-state index in [0.717, 1.165) is 18.3 Å². The summed E-state index contributed by atoms with van der Waals surface area (Å²) in [4.78, 5) is 0. The highest BCUT2D eigenvalue weighted by Gasteiger charge is 2.51. The topological polar surface area (TPSA) is 29.5 Å². The van der Waals surface area contributed by atoms with Crippen molar-refractivity contribution in [2.45, 2.75) is 44.9 Å². The predicted molar refractivity (Wildman–Crippen MR) is 109 cm³/mol. The van der Waals surface area contributed by atoms with Crippen LogP contribution in [0, 0.1) is 17.3 Å². The summed E-state index contributed by atoms with van der Waals surface area (Å²) in [5.74, 6) is 2.95. The van der Waals surface area contributed by atoms with Crippen LogP contribution in [-0.4, -0.2) is 12.2 Å². The van der Waals surface area contributed by atoms with Gasteiger partial charge in [0.15, 0.2) is 11.5 Å². The van der Waals surface area contributed by atoms with E-state index in [1.54, 1.807) is 12.7 Å². The van der Waals surface area contributed by atoms with Gasteiger partial charge in [-0.2, -0.15) is 0 Å². The highest BCUT2D eigenvalue weighted by molar-refractivity contribution is 5.73. The summed E-state index contributed by atoms with van der Waals surface area (Å²) in [6.45, 7) is 2.51. The second-order valence-electron chi connectivity index (χ2n) is 8.81. The van der Waals surface area contributed by atoms with Crippen LogP contribution in [0.2, 0.25) is 0 Å². The summed E-state index contributed by atoms with van der Waals surface area (Å²) in [5.41, 5.74) is 6.02. The average Bonchev–Trinajstić information content (AvgIpc) is 3.05. The molecule has 0 aromatic heterocycles. The Hall–Kier alpha value is -2.22. The smallest absolute Gasteiger partial charge is 0.160 e. The molecule has 0 spiro atoms. The summed E-state index contributed by atoms with van der Waals surface area (Å²) in [6, 6.07) is 15.0. The van der Waals surface area contributed by atoms with Gasteiger partial charge in [-0.1, -0.05) is 43.3 Å². The van der Waals surface area contributed by atoms with Crippen molar-refractivity contribution in [1.29, 1.82) is 0 Å². The molecule has 0 radical (unpaired) electrons. The van der Waals surface area contributed by atoms with Gasteiger partial charge in [0.05, 0.1) is 7.11 Å². The first-order valence-electron chi connectivity index (χ1n) is 10.3. The van der Waals surface area contributed by atoms with E-state index >= 15 is 0 Å². The maximum Gasteiger partial charge on any atom is 0.160 e. The average molecular weight is 360 g/mol. The number of hydrogen-bond acceptors (Lipinski definition) is 2. The van der Waals surface area contributed by atoms with Crippen molar-refractivity contribution in [3.63, 3.8) is 0 Å². The predicted octanol–water partition coefficient (Wildman–Crippen LogP) is 5.95. The summed E-state index contributed by atoms with van der Waals surface area (Å²) in [7, 11) is 1.65. The monoisotopic (exact) mass is 360 g/mol. The highest BCUT2D eigenvalue weighted by Crippen LogP contribution is 2.63. The molecule has 0 bridgehead atoms. The number of ether oxygens (including phenoxy) is 1. The molecule has 3 aliphatic carbocycles. The van der Waals surface area contributed by atoms with Crippen LogP contribution in [0.3, 0.4) is 0 Å². The molecule has 140 valence electrons. The van der Waals surface area contributed by atoms with E-state index in [4.69, 9.17) is 4.74 Å². The SMILES string of the molecule is COc1cc2c(cc1O)CC[C@@H]1[C@@H]2CC[C@]2(C)C(c3ccccc3)=CC[C@@H]12. The van der Waals surface area contributed by atoms with Crippen LogP contribution >= 0.6 is 0 Å². The fourth-order valence-corrected chi connectivity index (χ4v) is 6.38. The zero-order valence-electron chi connectivity index (χ0n) is 16.2. The Kier molecular flexibility index (Phi) is 3.86. The van der Waals surface area contributed by atoms with Crippen molar-refractivity contribution in [1.82, 2.24) is 0 Å². The van der Waals surface area contributed by atoms with Gasteiger partial charge in [0, 0.05) is 0 Å². The lowest BCUT2D eigenvalue weighted by Gasteiger charge is -2.50. The molecule has 2 nitrogen and oxygen atoms in total. The Morgan fingerprint density at radius 3 is 2.70 bits per heavy atom. The molecule has 3 aliphatic rings. The van der Waals surface area contributed by atoms with Gasteiger partial charge in [-0.05, 0) is 89.7 Å². The first kappa shape index (κ1) is 16.9. The summed E-state index contributed by atoms with van der Waals surface area (Å²) >= 11 is 0. The number of allylic oxidation sites excluding steroid dienone is 2. The molecule has 0 heterocycles. The van der Waals surface area contributed by atoms with E-state index in [2.05, 4.69) is 49.4 Å². The molecule has 2 aromatic rings. The largest absolute Gasteiger partial charge is 0.504 e. The minimum atomic E-state index is 0.282. The molecule has 5 rings (SSSR count). The van der Waals surface area contributed by atoms with Crippen molar-refractivity contribution < 1.29 is 9.84 Å². The molecule has 0 aliphatic heterocycles. The number of phenolic OH excluding ortho intramolecular Hbond substituents is 1. The molecule has 1 fully saturated rings. The van der Waals surface area contributed by atoms with Gasteiger partial charge in [0.1, 0.15) is 0 Å². The van der Waals surface area contributed by atoms with Crippen molar-refractivity contribution in [3.8, 4) is 11.5 Å². The zero-order valence-corrected chi connectivity index (χ0v) is 16.2. The molecular weight excluding hydrogens is 332 g/mol. The van der Waals surface area contributed by atoms with Gasteiger partial charge in [0.2, 0.25) is 0 Å². The van der Waals surface area contributed by atoms with Crippen LogP contribution < -0.4 is 4.74 Å². The fourth-order valence-electron chi connectivity index (χ4n) is 6.38. The Bertz CT molecular complexity index is 898. The lowest BCUT2D eigenvalue weighted by atomic mass is 9.54. The lowest BCUT2D eigenvalue weighted by molar-refractivity contribution is 0.0884. The maximum absolute atomic E-state index is 10.2. The molecule has 1 N–H and O–H groups in total. The number of rotatable bonds is 2. The number of aromatic hydroxyl groups is 1. The third kappa shape index (κ3) is 2.46. The van der Waals surface area contributed by atoms with Gasteiger partial charge in [-0.25, -0.2) is 0 Å². The maximum atomic E-state index is 10.2. The highest BCUT2D eigenvalue weighted by atomic mass is 16.5. The third-order valence-electron chi connectivity index (χ3n) is 7.69. The number of phenols is 1. The molecule has 2 heteroatoms. The molecule has 4 atom stereocenters. The van der Waals surface area contributed by atoms with Gasteiger partial charge < -0.3 is 9.84 Å². The van der Waals surface area contributed by atoms with Crippen LogP contribution in [0.15, 0.2) is 48.5 Å². The minimum absolute atomic E-state index is 0.282. The number of fused-ring (bicyclic) bond motifs is 5. The van der Waals surface area contributed by atoms with Gasteiger partial charge in [-0.3, -0.25) is 0 Å². The molecule has 2 aromatic carbocycles. The van der Waals surface area contributed by atoms with Crippen LogP contribution in [0.1, 0.15) is 55.2 Å². The van der Waals surface area contributed by atoms with E-state index in [1.165, 1.54) is 42.4 Å². The van der Waals surface area contributed by atoms with Gasteiger partial charge >= 0.3 is 0 Å². The fraction of sp³-hybridized carbons (Fsp3) is 0.440. The summed E-state index contributed by atoms with van der Waals surface area (Å²) in [6.07, 6.45) is 8.49. The zero-order chi connectivity index (χ0) is 18.6. The van der Waals surface area contributed by atoms with Crippen molar-refractivity contribution in [2.75, 3.05) is 7.11 Å². The number of hydrogen-bond donors (Lipinski definition) is 1. The number of aryl methyl sites for hydroxylation is 1. The van der Waals surface area contributed by atoms with Gasteiger partial charge in [0.25, 0.3) is 0 Å². The van der Waals surface area contributed by atoms with Crippen molar-refractivity contribution >= 4 is 5.57 Å². The summed E-state index contributed by atoms with van der Waals surface area (Å²) < 4.78 is 5.41. The van der Waals surface area contributed by atoms with Crippen molar-refractivity contribution in [3.05, 3.63) is 65.2 Å². The minimum Gasteiger partial charge on any atom is -0.504 e. The Morgan fingerprint density at radius 1 is 1.11 bits per heavy atom. The molecule has 27 heavy (non-hydrogen) atoms. The lowest BCUT2D eigenvalue weighted by Crippen LogP contribution is -2.40. The first-order valence-corrected chi connectivity index (χ1v) is 10.3. The van der Waals surface area contributed by atoms with Gasteiger partial charge in [-0.15, -0.1) is 0 Å². The number of methoxy groups -OCH3 is 1. The van der Waals surface area contributed by atoms with E-state index in [9.17, 15) is 5.11 Å². The second kappa shape index (κ2) is 6.15. The quantitative estimate of drug-likeness (QED) is 0.717. The summed E-state index contributed by atoms with van der Waals surface area (Å²) in [5, 5.41) is 10.2. The normalized spacial score (nSPS) is 31.5. The molecule has 0 saturated heterocycles. The Labute approximate surface area is 161 Å². The van der Waals surface area contributed by atoms with E-state index in [1.807, 2.05) is 6.07 Å². The van der Waals surface area contributed by atoms with Crippen LogP contribution in [-0.2, 0) is 6.42 Å². The third-order valence-corrected chi connectivity index (χ3v) is 7.69. The van der Waals surface area contributed by atoms with Crippen LogP contribution in [0.4, 0.5) is 0 Å². The molecule has 0 amide bonds.